The Kier molecular flexibility index (Phi) is 6.37. The molecule has 0 bridgehead atoms. The first-order valence-electron chi connectivity index (χ1n) is 6.64. The predicted octanol–water partition coefficient (Wildman–Crippen LogP) is 4.16. The van der Waals surface area contributed by atoms with Gasteiger partial charge in [-0.1, -0.05) is 22.0 Å². The monoisotopic (exact) mass is 388 g/mol. The fraction of sp³-hybridized carbons (Fsp3) is 0.250. The standard InChI is InChI=1S/C16H15BrF2O2S/c17-11-1-6-14(15(19)7-11)16(10(8-20)9-21)22-13-4-2-12(18)3-5-13/h1-7,10,16,20-21H,8-9H2. The summed E-state index contributed by atoms with van der Waals surface area (Å²) < 4.78 is 27.8. The minimum atomic E-state index is -0.522. The van der Waals surface area contributed by atoms with Gasteiger partial charge in [-0.2, -0.15) is 0 Å². The Labute approximate surface area is 140 Å². The van der Waals surface area contributed by atoms with Crippen LogP contribution in [0.4, 0.5) is 8.78 Å². The first kappa shape index (κ1) is 17.4. The molecule has 0 aromatic heterocycles. The van der Waals surface area contributed by atoms with Gasteiger partial charge in [0, 0.05) is 39.3 Å². The van der Waals surface area contributed by atoms with Crippen LogP contribution in [0.15, 0.2) is 51.8 Å². The van der Waals surface area contributed by atoms with E-state index in [1.54, 1.807) is 24.3 Å². The third-order valence-electron chi connectivity index (χ3n) is 3.24. The van der Waals surface area contributed by atoms with E-state index in [9.17, 15) is 19.0 Å². The molecular weight excluding hydrogens is 374 g/mol. The maximum absolute atomic E-state index is 14.2. The molecule has 2 aromatic carbocycles. The Morgan fingerprint density at radius 3 is 2.18 bits per heavy atom. The lowest BCUT2D eigenvalue weighted by Crippen LogP contribution is -2.19. The van der Waals surface area contributed by atoms with E-state index in [0.29, 0.717) is 10.0 Å². The van der Waals surface area contributed by atoms with E-state index in [-0.39, 0.29) is 19.0 Å². The van der Waals surface area contributed by atoms with Crippen molar-refractivity contribution in [2.75, 3.05) is 13.2 Å². The van der Waals surface area contributed by atoms with Crippen LogP contribution in [-0.2, 0) is 0 Å². The van der Waals surface area contributed by atoms with Gasteiger partial charge in [0.1, 0.15) is 11.6 Å². The van der Waals surface area contributed by atoms with Gasteiger partial charge in [0.25, 0.3) is 0 Å². The van der Waals surface area contributed by atoms with Crippen LogP contribution in [0.1, 0.15) is 10.8 Å². The second-order valence-electron chi connectivity index (χ2n) is 4.78. The maximum atomic E-state index is 14.2. The van der Waals surface area contributed by atoms with Gasteiger partial charge in [0.05, 0.1) is 0 Å². The Hall–Kier alpha value is -0.950. The summed E-state index contributed by atoms with van der Waals surface area (Å²) in [7, 11) is 0. The molecule has 0 radical (unpaired) electrons. The average molecular weight is 389 g/mol. The highest BCUT2D eigenvalue weighted by atomic mass is 79.9. The molecule has 2 nitrogen and oxygen atoms in total. The molecule has 22 heavy (non-hydrogen) atoms. The molecule has 0 fully saturated rings. The van der Waals surface area contributed by atoms with Gasteiger partial charge in [0.15, 0.2) is 0 Å². The summed E-state index contributed by atoms with van der Waals surface area (Å²) in [4.78, 5) is 0.737. The quantitative estimate of drug-likeness (QED) is 0.729. The Morgan fingerprint density at radius 1 is 1.00 bits per heavy atom. The van der Waals surface area contributed by atoms with Crippen molar-refractivity contribution >= 4 is 27.7 Å². The molecule has 0 aliphatic carbocycles. The number of halogens is 3. The molecule has 0 saturated carbocycles. The summed E-state index contributed by atoms with van der Waals surface area (Å²) in [6, 6.07) is 10.5. The minimum Gasteiger partial charge on any atom is -0.396 e. The highest BCUT2D eigenvalue weighted by Gasteiger charge is 2.26. The maximum Gasteiger partial charge on any atom is 0.128 e. The number of hydrogen-bond donors (Lipinski definition) is 2. The van der Waals surface area contributed by atoms with Gasteiger partial charge < -0.3 is 10.2 Å². The van der Waals surface area contributed by atoms with Crippen LogP contribution in [0.5, 0.6) is 0 Å². The zero-order chi connectivity index (χ0) is 16.1. The van der Waals surface area contributed by atoms with E-state index in [1.807, 2.05) is 0 Å². The molecule has 0 heterocycles. The first-order chi connectivity index (χ1) is 10.5. The van der Waals surface area contributed by atoms with Gasteiger partial charge in [-0.25, -0.2) is 8.78 Å². The fourth-order valence-corrected chi connectivity index (χ4v) is 3.66. The van der Waals surface area contributed by atoms with Crippen molar-refractivity contribution in [3.05, 3.63) is 64.1 Å². The van der Waals surface area contributed by atoms with Crippen molar-refractivity contribution < 1.29 is 19.0 Å². The molecule has 2 aromatic rings. The smallest absolute Gasteiger partial charge is 0.128 e. The van der Waals surface area contributed by atoms with E-state index < -0.39 is 17.0 Å². The molecule has 0 amide bonds. The summed E-state index contributed by atoms with van der Waals surface area (Å²) in [5, 5.41) is 18.4. The lowest BCUT2D eigenvalue weighted by Gasteiger charge is -2.24. The molecule has 118 valence electrons. The second-order valence-corrected chi connectivity index (χ2v) is 6.91. The highest BCUT2D eigenvalue weighted by molar-refractivity contribution is 9.10. The second kappa shape index (κ2) is 8.06. The molecule has 1 unspecified atom stereocenters. The summed E-state index contributed by atoms with van der Waals surface area (Å²) in [5.74, 6) is -1.29. The highest BCUT2D eigenvalue weighted by Crippen LogP contribution is 2.42. The molecule has 1 atom stereocenters. The van der Waals surface area contributed by atoms with Crippen molar-refractivity contribution in [3.63, 3.8) is 0 Å². The lowest BCUT2D eigenvalue weighted by atomic mass is 9.99. The van der Waals surface area contributed by atoms with Crippen LogP contribution in [0.2, 0.25) is 0 Å². The molecule has 0 spiro atoms. The van der Waals surface area contributed by atoms with Crippen molar-refractivity contribution in [1.82, 2.24) is 0 Å². The number of hydrogen-bond acceptors (Lipinski definition) is 3. The van der Waals surface area contributed by atoms with Crippen LogP contribution in [-0.4, -0.2) is 23.4 Å². The van der Waals surface area contributed by atoms with Crippen molar-refractivity contribution in [3.8, 4) is 0 Å². The van der Waals surface area contributed by atoms with Crippen LogP contribution >= 0.6 is 27.7 Å². The molecule has 6 heteroatoms. The Balaban J connectivity index is 2.35. The van der Waals surface area contributed by atoms with E-state index in [1.165, 1.54) is 30.0 Å². The summed E-state index contributed by atoms with van der Waals surface area (Å²) in [6.45, 7) is -0.546. The molecule has 0 aliphatic heterocycles. The minimum absolute atomic E-state index is 0.273. The third kappa shape index (κ3) is 4.29. The summed E-state index contributed by atoms with van der Waals surface area (Å²) in [5.41, 5.74) is 0.394. The predicted molar refractivity (Wildman–Crippen MR) is 86.8 cm³/mol. The van der Waals surface area contributed by atoms with Crippen LogP contribution in [0.3, 0.4) is 0 Å². The van der Waals surface area contributed by atoms with E-state index >= 15 is 0 Å². The average Bonchev–Trinajstić information content (AvgIpc) is 2.50. The number of rotatable bonds is 6. The van der Waals surface area contributed by atoms with Crippen LogP contribution in [0.25, 0.3) is 0 Å². The van der Waals surface area contributed by atoms with E-state index in [2.05, 4.69) is 15.9 Å². The van der Waals surface area contributed by atoms with Crippen LogP contribution < -0.4 is 0 Å². The topological polar surface area (TPSA) is 40.5 Å². The number of aliphatic hydroxyl groups excluding tert-OH is 2. The van der Waals surface area contributed by atoms with Gasteiger partial charge >= 0.3 is 0 Å². The normalized spacial score (nSPS) is 12.6. The van der Waals surface area contributed by atoms with E-state index in [4.69, 9.17) is 0 Å². The number of benzene rings is 2. The van der Waals surface area contributed by atoms with Gasteiger partial charge in [-0.05, 0) is 36.4 Å². The summed E-state index contributed by atoms with van der Waals surface area (Å²) in [6.07, 6.45) is 0. The van der Waals surface area contributed by atoms with Crippen molar-refractivity contribution in [2.24, 2.45) is 5.92 Å². The molecule has 0 saturated heterocycles. The fourth-order valence-electron chi connectivity index (χ4n) is 2.05. The number of aliphatic hydroxyl groups is 2. The van der Waals surface area contributed by atoms with Gasteiger partial charge in [-0.3, -0.25) is 0 Å². The molecular formula is C16H15BrF2O2S. The Morgan fingerprint density at radius 2 is 1.64 bits per heavy atom. The molecule has 0 aliphatic rings. The molecule has 2 N–H and O–H groups in total. The zero-order valence-electron chi connectivity index (χ0n) is 11.5. The van der Waals surface area contributed by atoms with Gasteiger partial charge in [-0.15, -0.1) is 11.8 Å². The van der Waals surface area contributed by atoms with Crippen molar-refractivity contribution in [2.45, 2.75) is 10.1 Å². The van der Waals surface area contributed by atoms with Gasteiger partial charge in [0.2, 0.25) is 0 Å². The lowest BCUT2D eigenvalue weighted by molar-refractivity contribution is 0.147. The number of thioether (sulfide) groups is 1. The summed E-state index contributed by atoms with van der Waals surface area (Å²) >= 11 is 4.49. The van der Waals surface area contributed by atoms with Crippen molar-refractivity contribution in [1.29, 1.82) is 0 Å². The third-order valence-corrected chi connectivity index (χ3v) is 5.17. The van der Waals surface area contributed by atoms with Crippen LogP contribution in [0, 0.1) is 17.6 Å². The molecule has 2 rings (SSSR count). The SMILES string of the molecule is OCC(CO)C(Sc1ccc(F)cc1)c1ccc(Br)cc1F. The zero-order valence-corrected chi connectivity index (χ0v) is 13.9. The Bertz CT molecular complexity index is 618. The first-order valence-corrected chi connectivity index (χ1v) is 8.31. The largest absolute Gasteiger partial charge is 0.396 e. The van der Waals surface area contributed by atoms with E-state index in [0.717, 1.165) is 4.90 Å².